The molecule has 1 aliphatic rings. The monoisotopic (exact) mass is 183 g/mol. The fraction of sp³-hybridized carbons (Fsp3) is 0.857. The van der Waals surface area contributed by atoms with E-state index in [2.05, 4.69) is 4.74 Å². The van der Waals surface area contributed by atoms with E-state index in [9.17, 15) is 13.2 Å². The minimum Gasteiger partial charge on any atom is -0.376 e. The summed E-state index contributed by atoms with van der Waals surface area (Å²) in [5.74, 6) is 0. The lowest BCUT2D eigenvalue weighted by Gasteiger charge is -2.25. The second-order valence-corrected chi connectivity index (χ2v) is 2.55. The molecule has 71 valence electrons. The van der Waals surface area contributed by atoms with Gasteiger partial charge in [-0.25, -0.2) is 0 Å². The fourth-order valence-corrected chi connectivity index (χ4v) is 0.811. The van der Waals surface area contributed by atoms with Crippen molar-refractivity contribution >= 4 is 0 Å². The molecule has 0 aromatic carbocycles. The normalized spacial score (nSPS) is 19.2. The number of ether oxygens (including phenoxy) is 2. The van der Waals surface area contributed by atoms with Gasteiger partial charge in [0.1, 0.15) is 0 Å². The van der Waals surface area contributed by atoms with E-state index in [4.69, 9.17) is 4.74 Å². The SMILES string of the molecule is FC(F)(F)OCCOC1C[CH]C1. The molecule has 0 spiro atoms. The van der Waals surface area contributed by atoms with Gasteiger partial charge in [-0.15, -0.1) is 13.2 Å². The third-order valence-electron chi connectivity index (χ3n) is 1.56. The predicted octanol–water partition coefficient (Wildman–Crippen LogP) is 1.91. The first-order valence-corrected chi connectivity index (χ1v) is 3.72. The van der Waals surface area contributed by atoms with Crippen LogP contribution in [0, 0.1) is 6.42 Å². The van der Waals surface area contributed by atoms with E-state index >= 15 is 0 Å². The lowest BCUT2D eigenvalue weighted by atomic mass is 9.96. The highest BCUT2D eigenvalue weighted by atomic mass is 19.4. The zero-order valence-electron chi connectivity index (χ0n) is 6.43. The van der Waals surface area contributed by atoms with Crippen molar-refractivity contribution in [1.82, 2.24) is 0 Å². The first-order valence-electron chi connectivity index (χ1n) is 3.72. The summed E-state index contributed by atoms with van der Waals surface area (Å²) in [6, 6.07) is 0. The third-order valence-corrected chi connectivity index (χ3v) is 1.56. The largest absolute Gasteiger partial charge is 0.522 e. The maximum absolute atomic E-state index is 11.4. The van der Waals surface area contributed by atoms with Crippen LogP contribution in [0.1, 0.15) is 12.8 Å². The van der Waals surface area contributed by atoms with Gasteiger partial charge in [-0.1, -0.05) is 0 Å². The number of hydrogen-bond donors (Lipinski definition) is 0. The molecule has 0 heterocycles. The summed E-state index contributed by atoms with van der Waals surface area (Å²) in [4.78, 5) is 0. The lowest BCUT2D eigenvalue weighted by molar-refractivity contribution is -0.327. The van der Waals surface area contributed by atoms with Gasteiger partial charge in [-0.2, -0.15) is 0 Å². The van der Waals surface area contributed by atoms with Gasteiger partial charge in [0.2, 0.25) is 0 Å². The molecule has 2 nitrogen and oxygen atoms in total. The highest BCUT2D eigenvalue weighted by Gasteiger charge is 2.29. The van der Waals surface area contributed by atoms with Crippen LogP contribution in [0.5, 0.6) is 0 Å². The summed E-state index contributed by atoms with van der Waals surface area (Å²) in [6.07, 6.45) is -0.718. The van der Waals surface area contributed by atoms with E-state index in [1.807, 2.05) is 6.42 Å². The van der Waals surface area contributed by atoms with Crippen molar-refractivity contribution in [3.8, 4) is 0 Å². The number of hydrogen-bond acceptors (Lipinski definition) is 2. The molecule has 0 aliphatic heterocycles. The Bertz CT molecular complexity index is 131. The van der Waals surface area contributed by atoms with Crippen LogP contribution in [0.2, 0.25) is 0 Å². The van der Waals surface area contributed by atoms with Crippen LogP contribution in [-0.4, -0.2) is 25.7 Å². The molecule has 1 saturated carbocycles. The Kier molecular flexibility index (Phi) is 3.34. The van der Waals surface area contributed by atoms with Gasteiger partial charge in [-0.05, 0) is 19.3 Å². The van der Waals surface area contributed by atoms with E-state index < -0.39 is 13.0 Å². The summed E-state index contributed by atoms with van der Waals surface area (Å²) >= 11 is 0. The molecule has 0 saturated heterocycles. The summed E-state index contributed by atoms with van der Waals surface area (Å²) in [5, 5.41) is 0. The van der Waals surface area contributed by atoms with Gasteiger partial charge >= 0.3 is 6.36 Å². The molecule has 0 amide bonds. The molecule has 1 aliphatic carbocycles. The van der Waals surface area contributed by atoms with Crippen LogP contribution in [0.4, 0.5) is 13.2 Å². The molecule has 12 heavy (non-hydrogen) atoms. The second kappa shape index (κ2) is 4.09. The molecule has 0 atom stereocenters. The molecular formula is C7H10F3O2. The Morgan fingerprint density at radius 2 is 1.92 bits per heavy atom. The molecule has 5 heteroatoms. The number of rotatable bonds is 4. The highest BCUT2D eigenvalue weighted by Crippen LogP contribution is 2.21. The van der Waals surface area contributed by atoms with Crippen molar-refractivity contribution in [3.05, 3.63) is 6.42 Å². The quantitative estimate of drug-likeness (QED) is 0.620. The van der Waals surface area contributed by atoms with Crippen LogP contribution in [0.3, 0.4) is 0 Å². The van der Waals surface area contributed by atoms with Crippen molar-refractivity contribution in [2.24, 2.45) is 0 Å². The second-order valence-electron chi connectivity index (χ2n) is 2.55. The topological polar surface area (TPSA) is 18.5 Å². The molecular weight excluding hydrogens is 173 g/mol. The Morgan fingerprint density at radius 3 is 2.33 bits per heavy atom. The molecule has 0 N–H and O–H groups in total. The van der Waals surface area contributed by atoms with Crippen molar-refractivity contribution in [3.63, 3.8) is 0 Å². The van der Waals surface area contributed by atoms with Crippen molar-refractivity contribution in [2.45, 2.75) is 25.3 Å². The van der Waals surface area contributed by atoms with Crippen LogP contribution < -0.4 is 0 Å². The zero-order valence-corrected chi connectivity index (χ0v) is 6.43. The van der Waals surface area contributed by atoms with Crippen molar-refractivity contribution in [2.75, 3.05) is 13.2 Å². The average molecular weight is 183 g/mol. The predicted molar refractivity (Wildman–Crippen MR) is 35.3 cm³/mol. The van der Waals surface area contributed by atoms with Gasteiger partial charge in [0.15, 0.2) is 0 Å². The highest BCUT2D eigenvalue weighted by molar-refractivity contribution is 4.86. The summed E-state index contributed by atoms with van der Waals surface area (Å²) in [7, 11) is 0. The van der Waals surface area contributed by atoms with E-state index in [-0.39, 0.29) is 12.7 Å². The van der Waals surface area contributed by atoms with Gasteiger partial charge in [-0.3, -0.25) is 4.74 Å². The third kappa shape index (κ3) is 3.92. The number of halogens is 3. The first-order chi connectivity index (χ1) is 5.58. The minimum absolute atomic E-state index is 0.0119. The van der Waals surface area contributed by atoms with Crippen molar-refractivity contribution < 1.29 is 22.6 Å². The average Bonchev–Trinajstić information content (AvgIpc) is 1.80. The maximum Gasteiger partial charge on any atom is 0.522 e. The molecule has 0 aromatic heterocycles. The molecule has 0 bridgehead atoms. The summed E-state index contributed by atoms with van der Waals surface area (Å²) in [6.45, 7) is -0.405. The van der Waals surface area contributed by atoms with Gasteiger partial charge < -0.3 is 4.74 Å². The van der Waals surface area contributed by atoms with E-state index in [1.54, 1.807) is 0 Å². The van der Waals surface area contributed by atoms with Crippen LogP contribution in [0.25, 0.3) is 0 Å². The van der Waals surface area contributed by atoms with Crippen LogP contribution >= 0.6 is 0 Å². The van der Waals surface area contributed by atoms with Gasteiger partial charge in [0.05, 0.1) is 19.3 Å². The molecule has 1 rings (SSSR count). The lowest BCUT2D eigenvalue weighted by Crippen LogP contribution is -2.25. The minimum atomic E-state index is -4.53. The Labute approximate surface area is 68.6 Å². The fourth-order valence-electron chi connectivity index (χ4n) is 0.811. The van der Waals surface area contributed by atoms with E-state index in [0.717, 1.165) is 12.8 Å². The Balaban J connectivity index is 1.88. The summed E-state index contributed by atoms with van der Waals surface area (Å²) < 4.78 is 42.7. The summed E-state index contributed by atoms with van der Waals surface area (Å²) in [5.41, 5.74) is 0. The molecule has 0 unspecified atom stereocenters. The molecule has 0 aromatic rings. The number of alkyl halides is 3. The van der Waals surface area contributed by atoms with E-state index in [1.165, 1.54) is 0 Å². The maximum atomic E-state index is 11.4. The standard InChI is InChI=1S/C7H10F3O2/c8-7(9,10)12-5-4-11-6-2-1-3-6/h1,6H,2-5H2. The van der Waals surface area contributed by atoms with Crippen LogP contribution in [-0.2, 0) is 9.47 Å². The van der Waals surface area contributed by atoms with Crippen molar-refractivity contribution in [1.29, 1.82) is 0 Å². The first kappa shape index (κ1) is 9.80. The van der Waals surface area contributed by atoms with E-state index in [0.29, 0.717) is 0 Å². The smallest absolute Gasteiger partial charge is 0.376 e. The molecule has 1 fully saturated rings. The molecule has 1 radical (unpaired) electrons. The Hall–Kier alpha value is -0.290. The zero-order chi connectivity index (χ0) is 9.03. The van der Waals surface area contributed by atoms with Gasteiger partial charge in [0.25, 0.3) is 0 Å². The van der Waals surface area contributed by atoms with Gasteiger partial charge in [0, 0.05) is 0 Å². The Morgan fingerprint density at radius 1 is 1.25 bits per heavy atom. The van der Waals surface area contributed by atoms with Crippen LogP contribution in [0.15, 0.2) is 0 Å².